The molecule has 0 unspecified atom stereocenters. The monoisotopic (exact) mass is 291 g/mol. The van der Waals surface area contributed by atoms with E-state index in [0.29, 0.717) is 13.0 Å². The van der Waals surface area contributed by atoms with Crippen LogP contribution in [0.15, 0.2) is 22.8 Å². The minimum Gasteiger partial charge on any atom is -0.469 e. The van der Waals surface area contributed by atoms with E-state index < -0.39 is 5.60 Å². The van der Waals surface area contributed by atoms with Crippen molar-refractivity contribution in [1.29, 1.82) is 0 Å². The van der Waals surface area contributed by atoms with E-state index in [0.717, 1.165) is 37.9 Å². The second-order valence-electron chi connectivity index (χ2n) is 5.98. The Balaban J connectivity index is 1.58. The molecule has 1 aliphatic carbocycles. The lowest BCUT2D eigenvalue weighted by Crippen LogP contribution is -2.46. The minimum absolute atomic E-state index is 0.0608. The van der Waals surface area contributed by atoms with Gasteiger partial charge in [-0.15, -0.1) is 0 Å². The normalized spacial score (nSPS) is 24.0. The van der Waals surface area contributed by atoms with Gasteiger partial charge in [0.15, 0.2) is 0 Å². The quantitative estimate of drug-likeness (QED) is 0.864. The van der Waals surface area contributed by atoms with Crippen molar-refractivity contribution in [3.63, 3.8) is 0 Å². The van der Waals surface area contributed by atoms with E-state index >= 15 is 0 Å². The van der Waals surface area contributed by atoms with E-state index in [2.05, 4.69) is 5.32 Å². The Morgan fingerprint density at radius 1 is 1.33 bits per heavy atom. The molecule has 21 heavy (non-hydrogen) atoms. The maximum Gasteiger partial charge on any atom is 0.307 e. The number of hydrogen-bond donors (Lipinski definition) is 1. The summed E-state index contributed by atoms with van der Waals surface area (Å²) in [7, 11) is 0. The molecule has 1 aromatic heterocycles. The molecule has 1 saturated heterocycles. The van der Waals surface area contributed by atoms with E-state index in [1.54, 1.807) is 6.26 Å². The van der Waals surface area contributed by atoms with Gasteiger partial charge in [-0.2, -0.15) is 0 Å². The SMILES string of the molecule is O=C1C[C@@H](C(=O)NCCc2ccco2)C2(CCCCC2)O1. The van der Waals surface area contributed by atoms with Gasteiger partial charge in [-0.25, -0.2) is 0 Å². The largest absolute Gasteiger partial charge is 0.469 e. The van der Waals surface area contributed by atoms with Crippen LogP contribution in [0.25, 0.3) is 0 Å². The fraction of sp³-hybridized carbons (Fsp3) is 0.625. The van der Waals surface area contributed by atoms with Gasteiger partial charge in [0.2, 0.25) is 5.91 Å². The number of rotatable bonds is 4. The molecular formula is C16H21NO4. The van der Waals surface area contributed by atoms with Crippen molar-refractivity contribution in [3.8, 4) is 0 Å². The lowest BCUT2D eigenvalue weighted by Gasteiger charge is -2.36. The number of carbonyl (C=O) groups is 2. The average molecular weight is 291 g/mol. The predicted molar refractivity (Wildman–Crippen MR) is 75.4 cm³/mol. The number of furan rings is 1. The molecule has 1 spiro atoms. The Morgan fingerprint density at radius 3 is 2.86 bits per heavy atom. The minimum atomic E-state index is -0.538. The topological polar surface area (TPSA) is 68.5 Å². The van der Waals surface area contributed by atoms with E-state index in [4.69, 9.17) is 9.15 Å². The molecule has 0 radical (unpaired) electrons. The van der Waals surface area contributed by atoms with Crippen molar-refractivity contribution < 1.29 is 18.7 Å². The predicted octanol–water partition coefficient (Wildman–Crippen LogP) is 2.20. The first kappa shape index (κ1) is 14.2. The Hall–Kier alpha value is -1.78. The zero-order chi connectivity index (χ0) is 14.7. The first-order valence-corrected chi connectivity index (χ1v) is 7.72. The first-order chi connectivity index (χ1) is 10.2. The summed E-state index contributed by atoms with van der Waals surface area (Å²) in [5.41, 5.74) is -0.538. The Kier molecular flexibility index (Phi) is 3.99. The highest BCUT2D eigenvalue weighted by Gasteiger charge is 2.52. The van der Waals surface area contributed by atoms with Gasteiger partial charge < -0.3 is 14.5 Å². The summed E-state index contributed by atoms with van der Waals surface area (Å²) in [6.45, 7) is 0.521. The molecule has 1 aromatic rings. The molecule has 1 amide bonds. The van der Waals surface area contributed by atoms with E-state index in [1.165, 1.54) is 0 Å². The van der Waals surface area contributed by atoms with Gasteiger partial charge in [-0.1, -0.05) is 6.42 Å². The second kappa shape index (κ2) is 5.92. The van der Waals surface area contributed by atoms with Crippen LogP contribution in [0.5, 0.6) is 0 Å². The highest BCUT2D eigenvalue weighted by Crippen LogP contribution is 2.44. The summed E-state index contributed by atoms with van der Waals surface area (Å²) in [5.74, 6) is 0.223. The van der Waals surface area contributed by atoms with Crippen LogP contribution >= 0.6 is 0 Å². The van der Waals surface area contributed by atoms with E-state index in [-0.39, 0.29) is 24.2 Å². The standard InChI is InChI=1S/C16H21NO4/c18-14-11-13(16(21-14)7-2-1-3-8-16)15(19)17-9-6-12-5-4-10-20-12/h4-5,10,13H,1-3,6-9,11H2,(H,17,19)/t13-/m0/s1. The molecule has 0 bridgehead atoms. The zero-order valence-electron chi connectivity index (χ0n) is 12.1. The molecular weight excluding hydrogens is 270 g/mol. The molecule has 1 atom stereocenters. The van der Waals surface area contributed by atoms with Crippen LogP contribution in [0, 0.1) is 5.92 Å². The zero-order valence-corrected chi connectivity index (χ0v) is 12.1. The third kappa shape index (κ3) is 2.96. The van der Waals surface area contributed by atoms with Crippen LogP contribution in [-0.2, 0) is 20.7 Å². The lowest BCUT2D eigenvalue weighted by molar-refractivity contribution is -0.153. The van der Waals surface area contributed by atoms with Crippen molar-refractivity contribution in [3.05, 3.63) is 24.2 Å². The van der Waals surface area contributed by atoms with Crippen LogP contribution in [0.1, 0.15) is 44.3 Å². The van der Waals surface area contributed by atoms with Crippen LogP contribution < -0.4 is 5.32 Å². The summed E-state index contributed by atoms with van der Waals surface area (Å²) in [6.07, 6.45) is 7.35. The van der Waals surface area contributed by atoms with Gasteiger partial charge >= 0.3 is 5.97 Å². The molecule has 114 valence electrons. The number of amides is 1. The molecule has 5 heteroatoms. The fourth-order valence-corrected chi connectivity index (χ4v) is 3.51. The van der Waals surface area contributed by atoms with E-state index in [1.807, 2.05) is 12.1 Å². The van der Waals surface area contributed by atoms with Crippen molar-refractivity contribution in [2.75, 3.05) is 6.54 Å². The van der Waals surface area contributed by atoms with Gasteiger partial charge in [-0.3, -0.25) is 9.59 Å². The summed E-state index contributed by atoms with van der Waals surface area (Å²) in [6, 6.07) is 3.72. The summed E-state index contributed by atoms with van der Waals surface area (Å²) in [5, 5.41) is 2.92. The molecule has 5 nitrogen and oxygen atoms in total. The van der Waals surface area contributed by atoms with Gasteiger partial charge in [0.25, 0.3) is 0 Å². The van der Waals surface area contributed by atoms with Crippen molar-refractivity contribution >= 4 is 11.9 Å². The molecule has 2 heterocycles. The van der Waals surface area contributed by atoms with Gasteiger partial charge in [-0.05, 0) is 37.8 Å². The molecule has 1 N–H and O–H groups in total. The van der Waals surface area contributed by atoms with Crippen LogP contribution in [-0.4, -0.2) is 24.0 Å². The Bertz CT molecular complexity index is 502. The van der Waals surface area contributed by atoms with Crippen LogP contribution in [0.3, 0.4) is 0 Å². The Morgan fingerprint density at radius 2 is 2.14 bits per heavy atom. The third-order valence-corrected chi connectivity index (χ3v) is 4.59. The highest BCUT2D eigenvalue weighted by atomic mass is 16.6. The highest BCUT2D eigenvalue weighted by molar-refractivity contribution is 5.87. The van der Waals surface area contributed by atoms with Crippen molar-refractivity contribution in [1.82, 2.24) is 5.32 Å². The molecule has 2 aliphatic rings. The number of esters is 1. The number of hydrogen-bond acceptors (Lipinski definition) is 4. The van der Waals surface area contributed by atoms with Crippen molar-refractivity contribution in [2.24, 2.45) is 5.92 Å². The number of nitrogens with one attached hydrogen (secondary N) is 1. The molecule has 2 fully saturated rings. The summed E-state index contributed by atoms with van der Waals surface area (Å²) in [4.78, 5) is 24.1. The third-order valence-electron chi connectivity index (χ3n) is 4.59. The number of ether oxygens (including phenoxy) is 1. The Labute approximate surface area is 124 Å². The van der Waals surface area contributed by atoms with Crippen molar-refractivity contribution in [2.45, 2.75) is 50.5 Å². The molecule has 1 aliphatic heterocycles. The summed E-state index contributed by atoms with van der Waals surface area (Å²) >= 11 is 0. The van der Waals surface area contributed by atoms with Crippen LogP contribution in [0.2, 0.25) is 0 Å². The lowest BCUT2D eigenvalue weighted by atomic mass is 9.75. The first-order valence-electron chi connectivity index (χ1n) is 7.72. The smallest absolute Gasteiger partial charge is 0.307 e. The maximum atomic E-state index is 12.4. The number of carbonyl (C=O) groups excluding carboxylic acids is 2. The second-order valence-corrected chi connectivity index (χ2v) is 5.98. The summed E-state index contributed by atoms with van der Waals surface area (Å²) < 4.78 is 10.8. The van der Waals surface area contributed by atoms with Gasteiger partial charge in [0.1, 0.15) is 11.4 Å². The molecule has 3 rings (SSSR count). The van der Waals surface area contributed by atoms with Gasteiger partial charge in [0.05, 0.1) is 18.6 Å². The van der Waals surface area contributed by atoms with Crippen LogP contribution in [0.4, 0.5) is 0 Å². The van der Waals surface area contributed by atoms with Gasteiger partial charge in [0, 0.05) is 13.0 Å². The average Bonchev–Trinajstić information content (AvgIpc) is 3.08. The van der Waals surface area contributed by atoms with E-state index in [9.17, 15) is 9.59 Å². The maximum absolute atomic E-state index is 12.4. The molecule has 1 saturated carbocycles. The molecule has 0 aromatic carbocycles. The fourth-order valence-electron chi connectivity index (χ4n) is 3.51.